The minimum Gasteiger partial charge on any atom is -0.382 e. The molecule has 0 saturated carbocycles. The molecule has 0 radical (unpaired) electrons. The quantitative estimate of drug-likeness (QED) is 0.770. The van der Waals surface area contributed by atoms with Crippen LogP contribution in [0.3, 0.4) is 0 Å². The van der Waals surface area contributed by atoms with Gasteiger partial charge < -0.3 is 20.9 Å². The Hall–Kier alpha value is -2.37. The van der Waals surface area contributed by atoms with E-state index in [2.05, 4.69) is 20.9 Å². The van der Waals surface area contributed by atoms with E-state index in [1.807, 2.05) is 0 Å². The Kier molecular flexibility index (Phi) is 3.16. The summed E-state index contributed by atoms with van der Waals surface area (Å²) in [5.41, 5.74) is 11.4. The average molecular weight is 288 g/mol. The third-order valence-corrected chi connectivity index (χ3v) is 3.57. The first-order valence-electron chi connectivity index (χ1n) is 6.50. The van der Waals surface area contributed by atoms with Gasteiger partial charge in [0, 0.05) is 13.5 Å². The number of ether oxygens (including phenoxy) is 2. The van der Waals surface area contributed by atoms with E-state index in [0.29, 0.717) is 24.2 Å². The van der Waals surface area contributed by atoms with E-state index < -0.39 is 5.72 Å². The lowest BCUT2D eigenvalue weighted by molar-refractivity contribution is -0.0737. The van der Waals surface area contributed by atoms with E-state index in [1.165, 1.54) is 0 Å². The monoisotopic (exact) mass is 288 g/mol. The van der Waals surface area contributed by atoms with E-state index >= 15 is 0 Å². The van der Waals surface area contributed by atoms with Crippen LogP contribution in [0.25, 0.3) is 11.2 Å². The van der Waals surface area contributed by atoms with E-state index in [4.69, 9.17) is 27.4 Å². The highest BCUT2D eigenvalue weighted by Crippen LogP contribution is 2.36. The molecule has 0 aromatic carbocycles. The zero-order chi connectivity index (χ0) is 15.0. The van der Waals surface area contributed by atoms with Crippen LogP contribution in [-0.4, -0.2) is 39.3 Å². The van der Waals surface area contributed by atoms with Crippen LogP contribution >= 0.6 is 0 Å². The third kappa shape index (κ3) is 2.07. The normalized spacial score (nSPS) is 25.2. The number of aromatic nitrogens is 4. The van der Waals surface area contributed by atoms with Crippen LogP contribution in [0.15, 0.2) is 6.33 Å². The van der Waals surface area contributed by atoms with Gasteiger partial charge in [0.05, 0.1) is 12.7 Å². The van der Waals surface area contributed by atoms with E-state index in [-0.39, 0.29) is 17.9 Å². The zero-order valence-electron chi connectivity index (χ0n) is 11.6. The Balaban J connectivity index is 2.09. The molecule has 8 heteroatoms. The van der Waals surface area contributed by atoms with Gasteiger partial charge in [-0.2, -0.15) is 9.97 Å². The van der Waals surface area contributed by atoms with Gasteiger partial charge in [0.1, 0.15) is 11.8 Å². The number of nitrogens with zero attached hydrogens (tertiary/aromatic N) is 4. The lowest BCUT2D eigenvalue weighted by atomic mass is 10.1. The second kappa shape index (κ2) is 4.87. The van der Waals surface area contributed by atoms with Crippen molar-refractivity contribution in [3.05, 3.63) is 6.33 Å². The SMILES string of the molecule is C#CC1(n2cnc3c(N)nc(N)nc32)CCC(COC)O1. The van der Waals surface area contributed by atoms with Gasteiger partial charge in [-0.25, -0.2) is 4.98 Å². The number of terminal acetylenes is 1. The highest BCUT2D eigenvalue weighted by Gasteiger charge is 2.41. The number of anilines is 2. The summed E-state index contributed by atoms with van der Waals surface area (Å²) in [6.45, 7) is 0.481. The van der Waals surface area contributed by atoms with E-state index in [1.54, 1.807) is 18.0 Å². The smallest absolute Gasteiger partial charge is 0.224 e. The highest BCUT2D eigenvalue weighted by atomic mass is 16.6. The van der Waals surface area contributed by atoms with Crippen LogP contribution in [0.2, 0.25) is 0 Å². The molecule has 3 rings (SSSR count). The first kappa shape index (κ1) is 13.6. The van der Waals surface area contributed by atoms with Crippen molar-refractivity contribution >= 4 is 22.9 Å². The molecule has 2 aromatic heterocycles. The van der Waals surface area contributed by atoms with Gasteiger partial charge in [0.2, 0.25) is 11.7 Å². The lowest BCUT2D eigenvalue weighted by Gasteiger charge is -2.25. The van der Waals surface area contributed by atoms with Crippen LogP contribution in [0.1, 0.15) is 12.8 Å². The number of imidazole rings is 1. The first-order chi connectivity index (χ1) is 10.1. The Morgan fingerprint density at radius 2 is 2.38 bits per heavy atom. The van der Waals surface area contributed by atoms with Crippen LogP contribution < -0.4 is 11.5 Å². The average Bonchev–Trinajstić information content (AvgIpc) is 3.04. The topological polar surface area (TPSA) is 114 Å². The Morgan fingerprint density at radius 1 is 1.57 bits per heavy atom. The van der Waals surface area contributed by atoms with Crippen molar-refractivity contribution < 1.29 is 9.47 Å². The second-order valence-corrected chi connectivity index (χ2v) is 4.92. The highest BCUT2D eigenvalue weighted by molar-refractivity contribution is 5.83. The summed E-state index contributed by atoms with van der Waals surface area (Å²) in [4.78, 5) is 12.3. The molecule has 0 amide bonds. The number of rotatable bonds is 3. The van der Waals surface area contributed by atoms with Gasteiger partial charge in [-0.1, -0.05) is 0 Å². The number of hydrogen-bond acceptors (Lipinski definition) is 7. The first-order valence-corrected chi connectivity index (χ1v) is 6.50. The Labute approximate surface area is 121 Å². The molecule has 0 spiro atoms. The van der Waals surface area contributed by atoms with Crippen molar-refractivity contribution in [3.63, 3.8) is 0 Å². The fourth-order valence-electron chi connectivity index (χ4n) is 2.61. The van der Waals surface area contributed by atoms with Crippen LogP contribution in [-0.2, 0) is 15.2 Å². The lowest BCUT2D eigenvalue weighted by Crippen LogP contribution is -2.32. The molecule has 21 heavy (non-hydrogen) atoms. The van der Waals surface area contributed by atoms with Crippen molar-refractivity contribution in [2.24, 2.45) is 0 Å². The van der Waals surface area contributed by atoms with Gasteiger partial charge in [-0.05, 0) is 12.3 Å². The summed E-state index contributed by atoms with van der Waals surface area (Å²) in [6.07, 6.45) is 8.62. The van der Waals surface area contributed by atoms with Crippen molar-refractivity contribution in [2.75, 3.05) is 25.2 Å². The van der Waals surface area contributed by atoms with Crippen molar-refractivity contribution in [1.82, 2.24) is 19.5 Å². The Morgan fingerprint density at radius 3 is 3.10 bits per heavy atom. The summed E-state index contributed by atoms with van der Waals surface area (Å²) >= 11 is 0. The van der Waals surface area contributed by atoms with Crippen LogP contribution in [0.5, 0.6) is 0 Å². The molecule has 4 N–H and O–H groups in total. The molecule has 3 heterocycles. The van der Waals surface area contributed by atoms with E-state index in [0.717, 1.165) is 6.42 Å². The predicted octanol–water partition coefficient (Wildman–Crippen LogP) is 0.102. The van der Waals surface area contributed by atoms with Gasteiger partial charge >= 0.3 is 0 Å². The number of nitrogens with two attached hydrogens (primary N) is 2. The summed E-state index contributed by atoms with van der Waals surface area (Å²) < 4.78 is 12.8. The summed E-state index contributed by atoms with van der Waals surface area (Å²) in [5.74, 6) is 2.99. The van der Waals surface area contributed by atoms with E-state index in [9.17, 15) is 0 Å². The number of methoxy groups -OCH3 is 1. The molecule has 2 atom stereocenters. The largest absolute Gasteiger partial charge is 0.382 e. The molecule has 1 aliphatic heterocycles. The van der Waals surface area contributed by atoms with Crippen LogP contribution in [0, 0.1) is 12.3 Å². The maximum atomic E-state index is 5.99. The Bertz CT molecular complexity index is 721. The van der Waals surface area contributed by atoms with Crippen molar-refractivity contribution in [3.8, 4) is 12.3 Å². The molecule has 1 saturated heterocycles. The van der Waals surface area contributed by atoms with Crippen LogP contribution in [0.4, 0.5) is 11.8 Å². The minimum absolute atomic E-state index is 0.0694. The molecule has 110 valence electrons. The third-order valence-electron chi connectivity index (χ3n) is 3.57. The molecule has 1 aliphatic rings. The fraction of sp³-hybridized carbons (Fsp3) is 0.462. The summed E-state index contributed by atoms with van der Waals surface area (Å²) in [7, 11) is 1.63. The molecule has 8 nitrogen and oxygen atoms in total. The predicted molar refractivity (Wildman–Crippen MR) is 76.9 cm³/mol. The molecular formula is C13H16N6O2. The number of hydrogen-bond donors (Lipinski definition) is 2. The molecule has 2 aromatic rings. The molecule has 1 fully saturated rings. The summed E-state index contributed by atoms with van der Waals surface area (Å²) in [6, 6.07) is 0. The zero-order valence-corrected chi connectivity index (χ0v) is 11.6. The maximum absolute atomic E-state index is 5.99. The van der Waals surface area contributed by atoms with Crippen molar-refractivity contribution in [1.29, 1.82) is 0 Å². The van der Waals surface area contributed by atoms with Gasteiger partial charge in [-0.3, -0.25) is 4.57 Å². The number of nitrogen functional groups attached to an aromatic ring is 2. The fourth-order valence-corrected chi connectivity index (χ4v) is 2.61. The molecular weight excluding hydrogens is 272 g/mol. The van der Waals surface area contributed by atoms with Gasteiger partial charge in [0.25, 0.3) is 0 Å². The molecule has 0 aliphatic carbocycles. The molecule has 2 unspecified atom stereocenters. The maximum Gasteiger partial charge on any atom is 0.224 e. The minimum atomic E-state index is -0.953. The second-order valence-electron chi connectivity index (χ2n) is 4.92. The van der Waals surface area contributed by atoms with Gasteiger partial charge in [0.15, 0.2) is 11.5 Å². The van der Waals surface area contributed by atoms with Gasteiger partial charge in [-0.15, -0.1) is 6.42 Å². The summed E-state index contributed by atoms with van der Waals surface area (Å²) in [5, 5.41) is 0. The van der Waals surface area contributed by atoms with Crippen molar-refractivity contribution in [2.45, 2.75) is 24.7 Å². The number of fused-ring (bicyclic) bond motifs is 1. The standard InChI is InChI=1S/C13H16N6O2/c1-3-13(5-4-8(21-13)6-20-2)19-7-16-9-10(14)17-12(15)18-11(9)19/h1,7-8H,4-6H2,2H3,(H4,14,15,17,18). The molecule has 0 bridgehead atoms.